The van der Waals surface area contributed by atoms with Crippen molar-refractivity contribution in [2.45, 2.75) is 218 Å². The van der Waals surface area contributed by atoms with Crippen molar-refractivity contribution >= 4 is 17.9 Å². The Morgan fingerprint density at radius 2 is 0.694 bits per heavy atom. The molecule has 2 aliphatic heterocycles. The highest BCUT2D eigenvalue weighted by Crippen LogP contribution is 2.69. The van der Waals surface area contributed by atoms with Gasteiger partial charge in [0.05, 0.1) is 66.1 Å². The molecule has 18 heteroatoms. The van der Waals surface area contributed by atoms with E-state index in [1.165, 1.54) is 0 Å². The minimum Gasteiger partial charge on any atom is -0.461 e. The smallest absolute Gasteiger partial charge is 0.332 e. The van der Waals surface area contributed by atoms with E-state index in [1.54, 1.807) is 0 Å². The molecule has 121 heavy (non-hydrogen) atoms. The second-order valence-corrected chi connectivity index (χ2v) is 34.3. The minimum atomic E-state index is -1.16. The molecule has 0 N–H and O–H groups in total. The van der Waals surface area contributed by atoms with Gasteiger partial charge in [-0.15, -0.1) is 0 Å². The normalized spacial score (nSPS) is 28.3. The van der Waals surface area contributed by atoms with Crippen LogP contribution in [0.5, 0.6) is 0 Å². The van der Waals surface area contributed by atoms with Gasteiger partial charge in [0.1, 0.15) is 80.9 Å². The highest BCUT2D eigenvalue weighted by molar-refractivity contribution is 5.71. The zero-order valence-electron chi connectivity index (χ0n) is 70.0. The number of fused-ring (bicyclic) bond motifs is 5. The summed E-state index contributed by atoms with van der Waals surface area (Å²) in [5.41, 5.74) is 8.35. The maximum atomic E-state index is 15.5. The molecule has 9 aromatic carbocycles. The van der Waals surface area contributed by atoms with E-state index in [0.29, 0.717) is 51.2 Å². The van der Waals surface area contributed by atoms with E-state index in [2.05, 4.69) is 20.8 Å². The third-order valence-corrected chi connectivity index (χ3v) is 26.4. The molecule has 0 radical (unpaired) electrons. The molecule has 9 aromatic rings. The van der Waals surface area contributed by atoms with Crippen LogP contribution < -0.4 is 0 Å². The molecule has 0 aromatic heterocycles. The van der Waals surface area contributed by atoms with Gasteiger partial charge in [-0.3, -0.25) is 4.79 Å². The monoisotopic (exact) mass is 1640 g/mol. The molecule has 2 saturated heterocycles. The summed E-state index contributed by atoms with van der Waals surface area (Å²) in [7, 11) is 0. The molecule has 4 saturated carbocycles. The molecule has 638 valence electrons. The Morgan fingerprint density at radius 1 is 0.355 bits per heavy atom. The van der Waals surface area contributed by atoms with Gasteiger partial charge in [-0.1, -0.05) is 294 Å². The first-order valence-corrected chi connectivity index (χ1v) is 43.6. The average molecular weight is 1640 g/mol. The van der Waals surface area contributed by atoms with E-state index in [-0.39, 0.29) is 106 Å². The average Bonchev–Trinajstić information content (AvgIpc) is 1.66. The Bertz CT molecular complexity index is 4560. The maximum absolute atomic E-state index is 15.5. The van der Waals surface area contributed by atoms with E-state index in [1.807, 2.05) is 273 Å². The van der Waals surface area contributed by atoms with Crippen LogP contribution in [0.2, 0.25) is 0 Å². The summed E-state index contributed by atoms with van der Waals surface area (Å²) in [6.07, 6.45) is -2.15. The van der Waals surface area contributed by atoms with E-state index in [4.69, 9.17) is 71.1 Å². The predicted octanol–water partition coefficient (Wildman–Crippen LogP) is 18.7. The third-order valence-electron chi connectivity index (χ3n) is 26.4. The van der Waals surface area contributed by atoms with Gasteiger partial charge >= 0.3 is 17.9 Å². The summed E-state index contributed by atoms with van der Waals surface area (Å²) in [5.74, 6) is -0.311. The summed E-state index contributed by atoms with van der Waals surface area (Å²) in [6.45, 7) is 8.74. The molecule has 20 atom stereocenters. The van der Waals surface area contributed by atoms with Crippen LogP contribution in [0, 0.1) is 46.3 Å². The van der Waals surface area contributed by atoms with Crippen molar-refractivity contribution in [1.82, 2.24) is 0 Å². The predicted molar refractivity (Wildman–Crippen MR) is 457 cm³/mol. The summed E-state index contributed by atoms with van der Waals surface area (Å²) < 4.78 is 102. The van der Waals surface area contributed by atoms with Crippen LogP contribution >= 0.6 is 0 Å². The van der Waals surface area contributed by atoms with Gasteiger partial charge in [0.15, 0.2) is 12.6 Å². The summed E-state index contributed by atoms with van der Waals surface area (Å²) in [4.78, 5) is 43.9. The van der Waals surface area contributed by atoms with Gasteiger partial charge in [0.25, 0.3) is 0 Å². The first kappa shape index (κ1) is 86.8. The van der Waals surface area contributed by atoms with Gasteiger partial charge in [-0.25, -0.2) is 9.59 Å². The number of rotatable bonds is 40. The van der Waals surface area contributed by atoms with Crippen molar-refractivity contribution in [3.63, 3.8) is 0 Å². The van der Waals surface area contributed by atoms with Crippen LogP contribution in [0.3, 0.4) is 0 Å². The highest BCUT2D eigenvalue weighted by Gasteiger charge is 2.64. The molecule has 6 aliphatic rings. The zero-order valence-corrected chi connectivity index (χ0v) is 70.0. The Kier molecular flexibility index (Phi) is 31.1. The van der Waals surface area contributed by atoms with Gasteiger partial charge in [0, 0.05) is 12.3 Å². The van der Waals surface area contributed by atoms with Crippen molar-refractivity contribution in [3.05, 3.63) is 323 Å². The molecular formula is C103H118O18. The molecule has 18 nitrogen and oxygen atoms in total. The molecule has 2 heterocycles. The Labute approximate surface area is 713 Å². The van der Waals surface area contributed by atoms with Crippen molar-refractivity contribution in [1.29, 1.82) is 0 Å². The van der Waals surface area contributed by atoms with Crippen LogP contribution in [0.25, 0.3) is 0 Å². The number of ether oxygens (including phenoxy) is 15. The zero-order chi connectivity index (χ0) is 83.0. The number of hydrogen-bond donors (Lipinski definition) is 0. The van der Waals surface area contributed by atoms with Gasteiger partial charge in [0.2, 0.25) is 0 Å². The van der Waals surface area contributed by atoms with E-state index >= 15 is 4.79 Å². The van der Waals surface area contributed by atoms with Crippen molar-refractivity contribution in [3.8, 4) is 0 Å². The molecule has 0 amide bonds. The van der Waals surface area contributed by atoms with Crippen LogP contribution in [0.1, 0.15) is 135 Å². The van der Waals surface area contributed by atoms with E-state index in [0.717, 1.165) is 82.2 Å². The van der Waals surface area contributed by atoms with Gasteiger partial charge < -0.3 is 71.1 Å². The fraction of sp³-hybridized carbons (Fsp3) is 0.447. The lowest BCUT2D eigenvalue weighted by molar-refractivity contribution is -0.328. The Hall–Kier alpha value is -9.09. The quantitative estimate of drug-likeness (QED) is 0.0260. The first-order valence-electron chi connectivity index (χ1n) is 43.6. The summed E-state index contributed by atoms with van der Waals surface area (Å²) >= 11 is 0. The standard InChI is InChI=1S/C103H118O18/c1-72(49-52-90(104)109-61-75-35-17-6-18-36-75)84-50-51-85-93-86(54-56-103(84,85)3)102(2)55-53-83(118-91(105)70-116-100-98(114-66-80-45-27-11-28-46-80)96(112-64-78-41-23-9-24-42-78)94(110-62-76-37-19-7-20-38-76)88(120-100)68-107-59-73-31-13-4-14-32-73)57-82(102)58-87(93)119-92(106)71-117-101-99(115-67-81-47-29-12-30-48-81)97(113-65-79-43-25-10-26-44-79)95(111-63-77-39-21-8-22-40-77)89(121-101)69-108-60-74-33-15-5-16-34-74/h4-48,72,82-89,93-101H,49-71H2,1-3H3/t72?,82?,83?,84-,85?,86?,87?,88?,89?,93?,94?,95?,96?,97?,98?,99?,100?,101?,102+,103-/m1/s1. The van der Waals surface area contributed by atoms with Gasteiger partial charge in [-0.05, 0) is 148 Å². The maximum Gasteiger partial charge on any atom is 0.332 e. The molecule has 6 fully saturated rings. The van der Waals surface area contributed by atoms with E-state index < -0.39 is 98.8 Å². The molecule has 4 aliphatic carbocycles. The first-order chi connectivity index (χ1) is 59.3. The highest BCUT2D eigenvalue weighted by atomic mass is 16.7. The third kappa shape index (κ3) is 23.2. The summed E-state index contributed by atoms with van der Waals surface area (Å²) in [5, 5.41) is 0. The lowest BCUT2D eigenvalue weighted by atomic mass is 9.43. The largest absolute Gasteiger partial charge is 0.461 e. The molecule has 0 bridgehead atoms. The van der Waals surface area contributed by atoms with Crippen LogP contribution in [0.4, 0.5) is 0 Å². The van der Waals surface area contributed by atoms with Crippen LogP contribution in [-0.4, -0.2) is 118 Å². The SMILES string of the molecule is CC(CCC(=O)OCc1ccccc1)[C@H]1CCC2C3C(OC(=O)COC4OC(COCc5ccccc5)C(OCc5ccccc5)C(OCc5ccccc5)C4OCc4ccccc4)CC4CC(OC(=O)COC5OC(COCc6ccccc6)C(OCc6ccccc6)C(OCc6ccccc6)C5OCc5ccccc5)CC[C@]4(C)C3CC[C@@]21C. The number of carbonyl (C=O) groups excluding carboxylic acids is 3. The lowest BCUT2D eigenvalue weighted by Crippen LogP contribution is -2.62. The Morgan fingerprint density at radius 3 is 1.09 bits per heavy atom. The molecule has 0 spiro atoms. The van der Waals surface area contributed by atoms with Crippen molar-refractivity contribution < 1.29 is 85.4 Å². The van der Waals surface area contributed by atoms with Crippen molar-refractivity contribution in [2.75, 3.05) is 26.4 Å². The number of carbonyl (C=O) groups is 3. The molecule has 15 rings (SSSR count). The van der Waals surface area contributed by atoms with Crippen LogP contribution in [0.15, 0.2) is 273 Å². The minimum absolute atomic E-state index is 0.00354. The number of hydrogen-bond acceptors (Lipinski definition) is 18. The van der Waals surface area contributed by atoms with Crippen LogP contribution in [-0.2, 0) is 145 Å². The number of benzene rings is 9. The molecular weight excluding hydrogens is 1530 g/mol. The summed E-state index contributed by atoms with van der Waals surface area (Å²) in [6, 6.07) is 89.6. The van der Waals surface area contributed by atoms with Gasteiger partial charge in [-0.2, -0.15) is 0 Å². The fourth-order valence-electron chi connectivity index (χ4n) is 20.2. The lowest BCUT2D eigenvalue weighted by Gasteiger charge is -2.62. The Balaban J connectivity index is 0.686. The number of esters is 3. The van der Waals surface area contributed by atoms with E-state index in [9.17, 15) is 9.59 Å². The fourth-order valence-corrected chi connectivity index (χ4v) is 20.2. The topological polar surface area (TPSA) is 190 Å². The second kappa shape index (κ2) is 43.3. The second-order valence-electron chi connectivity index (χ2n) is 34.3. The van der Waals surface area contributed by atoms with Crippen molar-refractivity contribution in [2.24, 2.45) is 46.3 Å². The molecule has 17 unspecified atom stereocenters.